The maximum absolute atomic E-state index is 13.2. The van der Waals surface area contributed by atoms with Crippen molar-refractivity contribution in [2.45, 2.75) is 44.3 Å². The normalized spacial score (nSPS) is 21.8. The summed E-state index contributed by atoms with van der Waals surface area (Å²) in [6, 6.07) is -0.385. The van der Waals surface area contributed by atoms with E-state index in [4.69, 9.17) is 23.0 Å². The number of alkyl halides is 1. The molecule has 0 heterocycles. The van der Waals surface area contributed by atoms with Crippen LogP contribution in [0.15, 0.2) is 0 Å². The number of phosphoric acid groups is 2. The predicted octanol–water partition coefficient (Wildman–Crippen LogP) is -1.06. The van der Waals surface area contributed by atoms with E-state index >= 15 is 0 Å². The van der Waals surface area contributed by atoms with Crippen LogP contribution < -0.4 is 0 Å². The van der Waals surface area contributed by atoms with Crippen molar-refractivity contribution < 1.29 is 56.0 Å². The zero-order valence-electron chi connectivity index (χ0n) is 16.6. The summed E-state index contributed by atoms with van der Waals surface area (Å²) in [5, 5.41) is 9.28. The standard InChI is InChI=1S/C12H29B2FO11P2/c1-8(25-27(17,18)21-3)12(22-7-13)6-23-28(19,20)26-10(4-15)11(5-16)24-9(2)14/h8-12,16H,4-7,13-14H2,1-3H3,(H,17,18)(H,19,20)/t8-,9-,10?,11?,12?/m1/s1. The van der Waals surface area contributed by atoms with E-state index in [1.165, 1.54) is 6.92 Å². The van der Waals surface area contributed by atoms with Gasteiger partial charge in [0, 0.05) is 19.6 Å². The SMILES string of the molecule is BCOC(COP(=O)(O)OC(CF)C(CO)O[C@@H](B)C)[C@@H](C)OP(=O)(O)OC. The highest BCUT2D eigenvalue weighted by Crippen LogP contribution is 2.47. The first-order chi connectivity index (χ1) is 12.9. The Morgan fingerprint density at radius 1 is 1.07 bits per heavy atom. The molecular formula is C12H29B2FO11P2. The number of halogens is 1. The van der Waals surface area contributed by atoms with E-state index in [1.807, 2.05) is 0 Å². The van der Waals surface area contributed by atoms with Crippen molar-refractivity contribution in [3.8, 4) is 0 Å². The quantitative estimate of drug-likeness (QED) is 0.194. The van der Waals surface area contributed by atoms with Gasteiger partial charge < -0.3 is 24.4 Å². The van der Waals surface area contributed by atoms with Crippen LogP contribution in [-0.4, -0.2) is 94.5 Å². The topological polar surface area (TPSA) is 150 Å². The van der Waals surface area contributed by atoms with Crippen molar-refractivity contribution in [3.63, 3.8) is 0 Å². The summed E-state index contributed by atoms with van der Waals surface area (Å²) in [6.07, 6.45) is -4.81. The minimum Gasteiger partial charge on any atom is -0.394 e. The second-order valence-corrected chi connectivity index (χ2v) is 8.84. The maximum atomic E-state index is 13.2. The van der Waals surface area contributed by atoms with Gasteiger partial charge in [0.05, 0.1) is 19.3 Å². The fourth-order valence-corrected chi connectivity index (χ4v) is 3.59. The van der Waals surface area contributed by atoms with Gasteiger partial charge in [-0.05, 0) is 13.8 Å². The number of phosphoric ester groups is 2. The Labute approximate surface area is 165 Å². The molecule has 7 atom stereocenters. The van der Waals surface area contributed by atoms with E-state index in [2.05, 4.69) is 4.52 Å². The van der Waals surface area contributed by atoms with Gasteiger partial charge >= 0.3 is 15.6 Å². The lowest BCUT2D eigenvalue weighted by atomic mass is 10.0. The molecule has 0 saturated carbocycles. The van der Waals surface area contributed by atoms with Crippen molar-refractivity contribution in [2.75, 3.05) is 33.5 Å². The molecule has 0 rings (SSSR count). The summed E-state index contributed by atoms with van der Waals surface area (Å²) in [6.45, 7) is 0.741. The fourth-order valence-electron chi connectivity index (χ4n) is 2.02. The first kappa shape index (κ1) is 28.2. The largest absolute Gasteiger partial charge is 0.472 e. The third-order valence-corrected chi connectivity index (χ3v) is 5.37. The van der Waals surface area contributed by atoms with Gasteiger partial charge in [0.25, 0.3) is 0 Å². The molecule has 28 heavy (non-hydrogen) atoms. The van der Waals surface area contributed by atoms with E-state index in [1.54, 1.807) is 22.6 Å². The molecular weight excluding hydrogens is 423 g/mol. The van der Waals surface area contributed by atoms with Crippen molar-refractivity contribution in [1.29, 1.82) is 0 Å². The Kier molecular flexibility index (Phi) is 13.5. The van der Waals surface area contributed by atoms with Crippen molar-refractivity contribution in [3.05, 3.63) is 0 Å². The Balaban J connectivity index is 4.98. The molecule has 11 nitrogen and oxygen atoms in total. The lowest BCUT2D eigenvalue weighted by molar-refractivity contribution is -0.0817. The molecule has 0 amide bonds. The molecule has 0 radical (unpaired) electrons. The number of ether oxygens (including phenoxy) is 2. The molecule has 0 aliphatic rings. The molecule has 0 aromatic rings. The Morgan fingerprint density at radius 2 is 1.68 bits per heavy atom. The number of hydrogen-bond donors (Lipinski definition) is 3. The molecule has 5 unspecified atom stereocenters. The summed E-state index contributed by atoms with van der Waals surface area (Å²) in [4.78, 5) is 19.2. The highest BCUT2D eigenvalue weighted by molar-refractivity contribution is 7.47. The third-order valence-electron chi connectivity index (χ3n) is 3.30. The zero-order valence-corrected chi connectivity index (χ0v) is 18.4. The molecule has 0 aromatic heterocycles. The Hall–Kier alpha value is 0.160. The zero-order chi connectivity index (χ0) is 22.0. The summed E-state index contributed by atoms with van der Waals surface area (Å²) in [5.74, 6) is 0. The lowest BCUT2D eigenvalue weighted by Gasteiger charge is -2.28. The predicted molar refractivity (Wildman–Crippen MR) is 102 cm³/mol. The first-order valence-corrected chi connectivity index (χ1v) is 11.6. The summed E-state index contributed by atoms with van der Waals surface area (Å²) < 4.78 is 66.1. The number of hydrogen-bond acceptors (Lipinski definition) is 9. The van der Waals surface area contributed by atoms with Crippen LogP contribution in [0.5, 0.6) is 0 Å². The number of aliphatic hydroxyl groups is 1. The van der Waals surface area contributed by atoms with Crippen LogP contribution in [0.25, 0.3) is 0 Å². The van der Waals surface area contributed by atoms with Gasteiger partial charge in [0.15, 0.2) is 0 Å². The van der Waals surface area contributed by atoms with Gasteiger partial charge in [-0.15, -0.1) is 0 Å². The molecule has 0 fully saturated rings. The minimum atomic E-state index is -4.78. The second-order valence-electron chi connectivity index (χ2n) is 5.92. The van der Waals surface area contributed by atoms with E-state index in [-0.39, 0.29) is 12.5 Å². The van der Waals surface area contributed by atoms with E-state index in [0.717, 1.165) is 7.11 Å². The molecule has 0 aromatic carbocycles. The molecule has 3 N–H and O–H groups in total. The van der Waals surface area contributed by atoms with Crippen LogP contribution in [0.4, 0.5) is 4.39 Å². The van der Waals surface area contributed by atoms with Gasteiger partial charge in [0.1, 0.15) is 40.7 Å². The Morgan fingerprint density at radius 3 is 2.11 bits per heavy atom. The number of rotatable bonds is 16. The molecule has 16 heteroatoms. The minimum absolute atomic E-state index is 0.142. The van der Waals surface area contributed by atoms with E-state index < -0.39 is 59.9 Å². The summed E-state index contributed by atoms with van der Waals surface area (Å²) in [7, 11) is -4.86. The lowest BCUT2D eigenvalue weighted by Crippen LogP contribution is -2.38. The molecule has 0 saturated heterocycles. The van der Waals surface area contributed by atoms with E-state index in [0.29, 0.717) is 0 Å². The van der Waals surface area contributed by atoms with Crippen LogP contribution in [0.2, 0.25) is 0 Å². The van der Waals surface area contributed by atoms with Crippen LogP contribution in [0, 0.1) is 0 Å². The van der Waals surface area contributed by atoms with E-state index in [9.17, 15) is 28.4 Å². The molecule has 0 spiro atoms. The van der Waals surface area contributed by atoms with Crippen molar-refractivity contribution in [2.24, 2.45) is 0 Å². The van der Waals surface area contributed by atoms with Crippen molar-refractivity contribution in [1.82, 2.24) is 0 Å². The third kappa shape index (κ3) is 11.4. The van der Waals surface area contributed by atoms with Gasteiger partial charge in [-0.25, -0.2) is 13.5 Å². The van der Waals surface area contributed by atoms with Gasteiger partial charge in [-0.1, -0.05) is 0 Å². The Bertz CT molecular complexity index is 530. The molecule has 0 bridgehead atoms. The first-order valence-electron chi connectivity index (χ1n) is 8.57. The highest BCUT2D eigenvalue weighted by atomic mass is 31.2. The summed E-state index contributed by atoms with van der Waals surface area (Å²) in [5.41, 5.74) is 0. The average molecular weight is 452 g/mol. The van der Waals surface area contributed by atoms with Crippen LogP contribution in [0.1, 0.15) is 13.8 Å². The highest BCUT2D eigenvalue weighted by Gasteiger charge is 2.35. The van der Waals surface area contributed by atoms with Gasteiger partial charge in [-0.2, -0.15) is 0 Å². The molecule has 166 valence electrons. The average Bonchev–Trinajstić information content (AvgIpc) is 2.60. The van der Waals surface area contributed by atoms with Crippen LogP contribution >= 0.6 is 15.6 Å². The molecule has 0 aliphatic carbocycles. The number of aliphatic hydroxyl groups excluding tert-OH is 1. The fraction of sp³-hybridized carbons (Fsp3) is 1.00. The summed E-state index contributed by atoms with van der Waals surface area (Å²) >= 11 is 0. The van der Waals surface area contributed by atoms with Crippen LogP contribution in [0.3, 0.4) is 0 Å². The van der Waals surface area contributed by atoms with Crippen molar-refractivity contribution >= 4 is 31.3 Å². The second kappa shape index (κ2) is 13.5. The van der Waals surface area contributed by atoms with Crippen LogP contribution in [-0.2, 0) is 36.7 Å². The smallest absolute Gasteiger partial charge is 0.394 e. The monoisotopic (exact) mass is 452 g/mol. The maximum Gasteiger partial charge on any atom is 0.472 e. The van der Waals surface area contributed by atoms with Gasteiger partial charge in [0.2, 0.25) is 0 Å². The van der Waals surface area contributed by atoms with Gasteiger partial charge in [-0.3, -0.25) is 18.1 Å². The molecule has 0 aliphatic heterocycles.